The molecule has 0 N–H and O–H groups in total. The summed E-state index contributed by atoms with van der Waals surface area (Å²) >= 11 is 0. The summed E-state index contributed by atoms with van der Waals surface area (Å²) in [6.07, 6.45) is 5.83. The molecule has 18 heavy (non-hydrogen) atoms. The van der Waals surface area contributed by atoms with Crippen molar-refractivity contribution >= 4 is 0 Å². The minimum Gasteiger partial charge on any atom is -0.303 e. The lowest BCUT2D eigenvalue weighted by atomic mass is 9.91. The van der Waals surface area contributed by atoms with E-state index in [1.807, 2.05) is 0 Å². The highest BCUT2D eigenvalue weighted by molar-refractivity contribution is 4.99. The second kappa shape index (κ2) is 5.13. The van der Waals surface area contributed by atoms with Crippen molar-refractivity contribution in [3.63, 3.8) is 0 Å². The summed E-state index contributed by atoms with van der Waals surface area (Å²) in [4.78, 5) is 5.50. The maximum atomic E-state index is 2.76. The van der Waals surface area contributed by atoms with Gasteiger partial charge < -0.3 is 4.90 Å². The van der Waals surface area contributed by atoms with E-state index in [-0.39, 0.29) is 0 Å². The van der Waals surface area contributed by atoms with Crippen LogP contribution in [0.5, 0.6) is 0 Å². The van der Waals surface area contributed by atoms with Crippen LogP contribution >= 0.6 is 0 Å². The standard InChI is InChI=1S/C16H30N2/c1-12(2)18-11-15-9-16(18)8-14(15)10-17-6-4-13(3)5-7-17/h12-16H,4-11H2,1-3H3/t14?,15-,16+/m1/s1. The molecule has 3 rings (SSSR count). The Kier molecular flexibility index (Phi) is 3.68. The van der Waals surface area contributed by atoms with E-state index >= 15 is 0 Å². The Morgan fingerprint density at radius 3 is 2.39 bits per heavy atom. The van der Waals surface area contributed by atoms with E-state index in [4.69, 9.17) is 0 Å². The molecule has 2 saturated heterocycles. The zero-order valence-corrected chi connectivity index (χ0v) is 12.4. The lowest BCUT2D eigenvalue weighted by molar-refractivity contribution is 0.100. The first-order chi connectivity index (χ1) is 8.63. The number of fused-ring (bicyclic) bond motifs is 2. The summed E-state index contributed by atoms with van der Waals surface area (Å²) in [7, 11) is 0. The van der Waals surface area contributed by atoms with Gasteiger partial charge >= 0.3 is 0 Å². The van der Waals surface area contributed by atoms with Crippen LogP contribution < -0.4 is 0 Å². The third kappa shape index (κ3) is 2.46. The molecule has 1 saturated carbocycles. The van der Waals surface area contributed by atoms with E-state index in [0.717, 1.165) is 29.8 Å². The zero-order valence-electron chi connectivity index (χ0n) is 12.4. The highest BCUT2D eigenvalue weighted by atomic mass is 15.2. The van der Waals surface area contributed by atoms with Gasteiger partial charge in [-0.05, 0) is 70.4 Å². The molecule has 2 nitrogen and oxygen atoms in total. The lowest BCUT2D eigenvalue weighted by Gasteiger charge is -2.38. The Labute approximate surface area is 113 Å². The topological polar surface area (TPSA) is 6.48 Å². The fourth-order valence-electron chi connectivity index (χ4n) is 4.53. The zero-order chi connectivity index (χ0) is 12.7. The van der Waals surface area contributed by atoms with Crippen LogP contribution in [0.1, 0.15) is 46.5 Å². The van der Waals surface area contributed by atoms with Crippen LogP contribution in [0.4, 0.5) is 0 Å². The molecule has 0 radical (unpaired) electrons. The third-order valence-electron chi connectivity index (χ3n) is 5.76. The highest BCUT2D eigenvalue weighted by Crippen LogP contribution is 2.43. The number of hydrogen-bond acceptors (Lipinski definition) is 2. The van der Waals surface area contributed by atoms with Gasteiger partial charge in [-0.15, -0.1) is 0 Å². The van der Waals surface area contributed by atoms with Crippen LogP contribution in [-0.2, 0) is 0 Å². The highest BCUT2D eigenvalue weighted by Gasteiger charge is 2.45. The van der Waals surface area contributed by atoms with Crippen LogP contribution in [0.15, 0.2) is 0 Å². The van der Waals surface area contributed by atoms with Crippen molar-refractivity contribution in [2.24, 2.45) is 17.8 Å². The van der Waals surface area contributed by atoms with E-state index in [1.165, 1.54) is 51.9 Å². The second-order valence-corrected chi connectivity index (χ2v) is 7.42. The van der Waals surface area contributed by atoms with Gasteiger partial charge in [0.2, 0.25) is 0 Å². The Bertz CT molecular complexity index is 281. The van der Waals surface area contributed by atoms with Gasteiger partial charge in [0.25, 0.3) is 0 Å². The Morgan fingerprint density at radius 1 is 1.11 bits per heavy atom. The fraction of sp³-hybridized carbons (Fsp3) is 1.00. The molecule has 3 aliphatic rings. The summed E-state index contributed by atoms with van der Waals surface area (Å²) in [6.45, 7) is 12.7. The van der Waals surface area contributed by atoms with Gasteiger partial charge in [-0.1, -0.05) is 6.92 Å². The average molecular weight is 250 g/mol. The van der Waals surface area contributed by atoms with Crippen molar-refractivity contribution in [3.8, 4) is 0 Å². The van der Waals surface area contributed by atoms with Crippen molar-refractivity contribution < 1.29 is 0 Å². The van der Waals surface area contributed by atoms with E-state index in [0.29, 0.717) is 0 Å². The normalized spacial score (nSPS) is 39.0. The minimum atomic E-state index is 0.761. The molecule has 2 aliphatic heterocycles. The van der Waals surface area contributed by atoms with E-state index in [2.05, 4.69) is 30.6 Å². The van der Waals surface area contributed by atoms with Crippen LogP contribution in [0.3, 0.4) is 0 Å². The molecular weight excluding hydrogens is 220 g/mol. The molecule has 0 aromatic carbocycles. The molecule has 104 valence electrons. The third-order valence-corrected chi connectivity index (χ3v) is 5.76. The molecular formula is C16H30N2. The van der Waals surface area contributed by atoms with Gasteiger partial charge in [-0.2, -0.15) is 0 Å². The number of hydrogen-bond donors (Lipinski definition) is 0. The molecule has 0 aromatic heterocycles. The summed E-state index contributed by atoms with van der Waals surface area (Å²) in [5.41, 5.74) is 0. The smallest absolute Gasteiger partial charge is 0.0104 e. The maximum Gasteiger partial charge on any atom is 0.0104 e. The molecule has 2 bridgehead atoms. The summed E-state index contributed by atoms with van der Waals surface area (Å²) < 4.78 is 0. The van der Waals surface area contributed by atoms with Gasteiger partial charge in [-0.25, -0.2) is 0 Å². The molecule has 0 spiro atoms. The average Bonchev–Trinajstić information content (AvgIpc) is 2.91. The van der Waals surface area contributed by atoms with Crippen LogP contribution in [0.25, 0.3) is 0 Å². The number of likely N-dealkylation sites (tertiary alicyclic amines) is 2. The predicted molar refractivity (Wildman–Crippen MR) is 76.7 cm³/mol. The molecule has 1 aliphatic carbocycles. The largest absolute Gasteiger partial charge is 0.303 e. The van der Waals surface area contributed by atoms with Gasteiger partial charge in [0.1, 0.15) is 0 Å². The second-order valence-electron chi connectivity index (χ2n) is 7.42. The van der Waals surface area contributed by atoms with Gasteiger partial charge in [0.05, 0.1) is 0 Å². The van der Waals surface area contributed by atoms with Gasteiger partial charge in [0, 0.05) is 25.2 Å². The molecule has 0 amide bonds. The van der Waals surface area contributed by atoms with Crippen LogP contribution in [0.2, 0.25) is 0 Å². The Morgan fingerprint density at radius 2 is 1.83 bits per heavy atom. The first kappa shape index (κ1) is 12.9. The molecule has 1 unspecified atom stereocenters. The lowest BCUT2D eigenvalue weighted by Crippen LogP contribution is -2.44. The number of nitrogens with zero attached hydrogens (tertiary/aromatic N) is 2. The van der Waals surface area contributed by atoms with E-state index in [1.54, 1.807) is 0 Å². The first-order valence-electron chi connectivity index (χ1n) is 8.11. The van der Waals surface area contributed by atoms with Crippen LogP contribution in [-0.4, -0.2) is 48.1 Å². The molecule has 2 heterocycles. The minimum absolute atomic E-state index is 0.761. The fourth-order valence-corrected chi connectivity index (χ4v) is 4.53. The van der Waals surface area contributed by atoms with Crippen molar-refractivity contribution in [3.05, 3.63) is 0 Å². The summed E-state index contributed by atoms with van der Waals surface area (Å²) in [5, 5.41) is 0. The maximum absolute atomic E-state index is 2.76. The monoisotopic (exact) mass is 250 g/mol. The SMILES string of the molecule is CC1CCN(CC2C[C@H]3C[C@@H]2CN3C(C)C)CC1. The molecule has 2 heteroatoms. The number of piperidine rings is 2. The summed E-state index contributed by atoms with van der Waals surface area (Å²) in [5.74, 6) is 2.99. The van der Waals surface area contributed by atoms with E-state index in [9.17, 15) is 0 Å². The van der Waals surface area contributed by atoms with Crippen molar-refractivity contribution in [2.75, 3.05) is 26.2 Å². The molecule has 3 atom stereocenters. The Hall–Kier alpha value is -0.0800. The van der Waals surface area contributed by atoms with Crippen LogP contribution in [0, 0.1) is 17.8 Å². The summed E-state index contributed by atoms with van der Waals surface area (Å²) in [6, 6.07) is 1.68. The van der Waals surface area contributed by atoms with Gasteiger partial charge in [0.15, 0.2) is 0 Å². The van der Waals surface area contributed by atoms with E-state index < -0.39 is 0 Å². The van der Waals surface area contributed by atoms with Crippen molar-refractivity contribution in [1.29, 1.82) is 0 Å². The van der Waals surface area contributed by atoms with Crippen molar-refractivity contribution in [2.45, 2.75) is 58.5 Å². The molecule has 3 fully saturated rings. The molecule has 0 aromatic rings. The van der Waals surface area contributed by atoms with Crippen molar-refractivity contribution in [1.82, 2.24) is 9.80 Å². The predicted octanol–water partition coefficient (Wildman–Crippen LogP) is 2.84. The first-order valence-corrected chi connectivity index (χ1v) is 8.11. The Balaban J connectivity index is 1.49. The quantitative estimate of drug-likeness (QED) is 0.760. The number of rotatable bonds is 3. The van der Waals surface area contributed by atoms with Gasteiger partial charge in [-0.3, -0.25) is 4.90 Å².